The maximum atomic E-state index is 11.1. The van der Waals surface area contributed by atoms with E-state index in [0.29, 0.717) is 12.2 Å². The van der Waals surface area contributed by atoms with Crippen LogP contribution < -0.4 is 5.32 Å². The minimum atomic E-state index is -0.349. The van der Waals surface area contributed by atoms with Crippen LogP contribution in [0.5, 0.6) is 0 Å². The Balaban J connectivity index is 2.23. The van der Waals surface area contributed by atoms with Crippen molar-refractivity contribution < 1.29 is 4.92 Å². The quantitative estimate of drug-likeness (QED) is 0.685. The van der Waals surface area contributed by atoms with E-state index in [1.165, 1.54) is 11.4 Å². The van der Waals surface area contributed by atoms with Gasteiger partial charge in [-0.05, 0) is 44.0 Å². The molecule has 5 nitrogen and oxygen atoms in total. The van der Waals surface area contributed by atoms with Crippen LogP contribution >= 0.6 is 0 Å². The van der Waals surface area contributed by atoms with Crippen molar-refractivity contribution >= 4 is 11.4 Å². The Hall–Kier alpha value is -2.30. The Kier molecular flexibility index (Phi) is 3.79. The molecule has 0 aliphatic heterocycles. The Morgan fingerprint density at radius 3 is 2.50 bits per heavy atom. The van der Waals surface area contributed by atoms with Gasteiger partial charge in [-0.25, -0.2) is 0 Å². The van der Waals surface area contributed by atoms with Crippen LogP contribution in [0.4, 0.5) is 11.4 Å². The maximum absolute atomic E-state index is 11.1. The summed E-state index contributed by atoms with van der Waals surface area (Å²) in [5.41, 5.74) is 5.06. The van der Waals surface area contributed by atoms with E-state index in [-0.39, 0.29) is 10.6 Å². The zero-order valence-corrected chi connectivity index (χ0v) is 12.2. The fourth-order valence-electron chi connectivity index (χ4n) is 2.24. The molecule has 0 spiro atoms. The van der Waals surface area contributed by atoms with Crippen molar-refractivity contribution in [3.8, 4) is 0 Å². The van der Waals surface area contributed by atoms with E-state index in [1.807, 2.05) is 33.9 Å². The highest BCUT2D eigenvalue weighted by Crippen LogP contribution is 2.26. The van der Waals surface area contributed by atoms with Crippen LogP contribution in [0, 0.1) is 30.9 Å². The summed E-state index contributed by atoms with van der Waals surface area (Å²) in [6.45, 7) is 6.53. The highest BCUT2D eigenvalue weighted by molar-refractivity contribution is 5.62. The first-order valence-corrected chi connectivity index (χ1v) is 6.51. The van der Waals surface area contributed by atoms with Crippen molar-refractivity contribution in [2.24, 2.45) is 7.05 Å². The lowest BCUT2D eigenvalue weighted by Gasteiger charge is -2.08. The zero-order chi connectivity index (χ0) is 14.9. The van der Waals surface area contributed by atoms with Gasteiger partial charge in [0.25, 0.3) is 5.69 Å². The fourth-order valence-corrected chi connectivity index (χ4v) is 2.24. The summed E-state index contributed by atoms with van der Waals surface area (Å²) in [6, 6.07) is 7.32. The molecule has 0 aliphatic carbocycles. The van der Waals surface area contributed by atoms with E-state index in [9.17, 15) is 10.1 Å². The first-order valence-electron chi connectivity index (χ1n) is 6.51. The van der Waals surface area contributed by atoms with Crippen molar-refractivity contribution in [3.05, 3.63) is 56.9 Å². The van der Waals surface area contributed by atoms with Crippen LogP contribution in [0.25, 0.3) is 0 Å². The average Bonchev–Trinajstić information content (AvgIpc) is 2.64. The molecule has 2 aromatic rings. The predicted molar refractivity (Wildman–Crippen MR) is 80.0 cm³/mol. The number of aryl methyl sites for hydroxylation is 2. The number of nitro benzene ring substituents is 1. The molecule has 106 valence electrons. The molecular formula is C15H19N3O2. The summed E-state index contributed by atoms with van der Waals surface area (Å²) in [5.74, 6) is 0. The maximum Gasteiger partial charge on any atom is 0.292 e. The number of benzene rings is 1. The number of hydrogen-bond donors (Lipinski definition) is 1. The first kappa shape index (κ1) is 14.1. The topological polar surface area (TPSA) is 60.1 Å². The Morgan fingerprint density at radius 2 is 1.95 bits per heavy atom. The smallest absolute Gasteiger partial charge is 0.292 e. The molecule has 1 aromatic carbocycles. The van der Waals surface area contributed by atoms with Gasteiger partial charge >= 0.3 is 0 Å². The summed E-state index contributed by atoms with van der Waals surface area (Å²) in [7, 11) is 2.02. The summed E-state index contributed by atoms with van der Waals surface area (Å²) >= 11 is 0. The van der Waals surface area contributed by atoms with Gasteiger partial charge in [-0.1, -0.05) is 6.07 Å². The summed E-state index contributed by atoms with van der Waals surface area (Å²) < 4.78 is 2.11. The fraction of sp³-hybridized carbons (Fsp3) is 0.333. The minimum absolute atomic E-state index is 0.121. The molecule has 0 fully saturated rings. The van der Waals surface area contributed by atoms with E-state index in [4.69, 9.17) is 0 Å². The van der Waals surface area contributed by atoms with Gasteiger partial charge < -0.3 is 9.88 Å². The number of hydrogen-bond acceptors (Lipinski definition) is 3. The number of nitrogens with one attached hydrogen (secondary N) is 1. The normalized spacial score (nSPS) is 10.6. The van der Waals surface area contributed by atoms with Gasteiger partial charge in [-0.3, -0.25) is 10.1 Å². The van der Waals surface area contributed by atoms with E-state index >= 15 is 0 Å². The average molecular weight is 273 g/mol. The number of nitrogens with zero attached hydrogens (tertiary/aromatic N) is 2. The SMILES string of the molecule is Cc1ccc(NCc2cc(C)n(C)c2C)c([N+](=O)[O-])c1. The second kappa shape index (κ2) is 5.36. The molecule has 0 aliphatic rings. The van der Waals surface area contributed by atoms with Crippen molar-refractivity contribution in [1.82, 2.24) is 4.57 Å². The molecule has 0 bridgehead atoms. The van der Waals surface area contributed by atoms with Crippen LogP contribution in [-0.4, -0.2) is 9.49 Å². The Morgan fingerprint density at radius 1 is 1.25 bits per heavy atom. The number of anilines is 1. The van der Waals surface area contributed by atoms with Gasteiger partial charge in [-0.2, -0.15) is 0 Å². The molecule has 0 saturated carbocycles. The lowest BCUT2D eigenvalue weighted by Crippen LogP contribution is -2.04. The first-order chi connectivity index (χ1) is 9.40. The van der Waals surface area contributed by atoms with Crippen LogP contribution in [-0.2, 0) is 13.6 Å². The van der Waals surface area contributed by atoms with Gasteiger partial charge in [-0.15, -0.1) is 0 Å². The molecule has 1 heterocycles. The third-order valence-electron chi connectivity index (χ3n) is 3.70. The molecule has 2 rings (SSSR count). The summed E-state index contributed by atoms with van der Waals surface area (Å²) in [5, 5.41) is 14.2. The highest BCUT2D eigenvalue weighted by atomic mass is 16.6. The molecule has 1 aromatic heterocycles. The third kappa shape index (κ3) is 2.66. The van der Waals surface area contributed by atoms with Gasteiger partial charge in [0.05, 0.1) is 4.92 Å². The van der Waals surface area contributed by atoms with Crippen molar-refractivity contribution in [2.75, 3.05) is 5.32 Å². The third-order valence-corrected chi connectivity index (χ3v) is 3.70. The van der Waals surface area contributed by atoms with Crippen LogP contribution in [0.2, 0.25) is 0 Å². The Labute approximate surface area is 118 Å². The van der Waals surface area contributed by atoms with Crippen LogP contribution in [0.15, 0.2) is 24.3 Å². The van der Waals surface area contributed by atoms with Crippen molar-refractivity contribution in [3.63, 3.8) is 0 Å². The molecule has 0 saturated heterocycles. The number of nitro groups is 1. The standard InChI is InChI=1S/C15H19N3O2/c1-10-5-6-14(15(7-10)18(19)20)16-9-13-8-11(2)17(4)12(13)3/h5-8,16H,9H2,1-4H3. The molecule has 0 atom stereocenters. The molecular weight excluding hydrogens is 254 g/mol. The molecule has 0 unspecified atom stereocenters. The minimum Gasteiger partial charge on any atom is -0.375 e. The molecule has 5 heteroatoms. The van der Waals surface area contributed by atoms with Gasteiger partial charge in [0.15, 0.2) is 0 Å². The van der Waals surface area contributed by atoms with Crippen LogP contribution in [0.1, 0.15) is 22.5 Å². The monoisotopic (exact) mass is 273 g/mol. The largest absolute Gasteiger partial charge is 0.375 e. The van der Waals surface area contributed by atoms with Gasteiger partial charge in [0.2, 0.25) is 0 Å². The second-order valence-electron chi connectivity index (χ2n) is 5.09. The zero-order valence-electron chi connectivity index (χ0n) is 12.2. The van der Waals surface area contributed by atoms with E-state index in [2.05, 4.69) is 16.0 Å². The summed E-state index contributed by atoms with van der Waals surface area (Å²) in [6.07, 6.45) is 0. The molecule has 1 N–H and O–H groups in total. The lowest BCUT2D eigenvalue weighted by atomic mass is 10.2. The summed E-state index contributed by atoms with van der Waals surface area (Å²) in [4.78, 5) is 10.7. The van der Waals surface area contributed by atoms with Crippen LogP contribution in [0.3, 0.4) is 0 Å². The number of aromatic nitrogens is 1. The van der Waals surface area contributed by atoms with E-state index < -0.39 is 0 Å². The highest BCUT2D eigenvalue weighted by Gasteiger charge is 2.14. The van der Waals surface area contributed by atoms with Crippen molar-refractivity contribution in [1.29, 1.82) is 0 Å². The van der Waals surface area contributed by atoms with Gasteiger partial charge in [0.1, 0.15) is 5.69 Å². The van der Waals surface area contributed by atoms with E-state index in [1.54, 1.807) is 12.1 Å². The van der Waals surface area contributed by atoms with E-state index in [0.717, 1.165) is 11.1 Å². The molecule has 20 heavy (non-hydrogen) atoms. The van der Waals surface area contributed by atoms with Crippen molar-refractivity contribution in [2.45, 2.75) is 27.3 Å². The van der Waals surface area contributed by atoms with Gasteiger partial charge in [0, 0.05) is 31.0 Å². The molecule has 0 amide bonds. The molecule has 0 radical (unpaired) electrons. The number of rotatable bonds is 4. The lowest BCUT2D eigenvalue weighted by molar-refractivity contribution is -0.384. The predicted octanol–water partition coefficient (Wildman–Crippen LogP) is 3.47. The Bertz CT molecular complexity index is 659. The second-order valence-corrected chi connectivity index (χ2v) is 5.09.